The molecule has 0 fully saturated rings. The Kier molecular flexibility index (Phi) is 4.88. The van der Waals surface area contributed by atoms with Crippen LogP contribution in [0, 0.1) is 6.92 Å². The number of hydrogen-bond donors (Lipinski definition) is 0. The van der Waals surface area contributed by atoms with Crippen molar-refractivity contribution in [1.29, 1.82) is 0 Å². The Morgan fingerprint density at radius 2 is 2.13 bits per heavy atom. The first-order valence-electron chi connectivity index (χ1n) is 7.07. The third-order valence-electron chi connectivity index (χ3n) is 3.37. The Bertz CT molecular complexity index is 783. The fraction of sp³-hybridized carbons (Fsp3) is 0.235. The summed E-state index contributed by atoms with van der Waals surface area (Å²) in [6.45, 7) is 2.20. The Balaban J connectivity index is 1.76. The Morgan fingerprint density at radius 1 is 1.26 bits per heavy atom. The van der Waals surface area contributed by atoms with Crippen molar-refractivity contribution in [3.8, 4) is 22.3 Å². The SMILES string of the molecule is COc1cc(CCl)ccc1OCc1nc(-c2cccs2)oc1C. The number of hydrogen-bond acceptors (Lipinski definition) is 5. The molecule has 0 amide bonds. The quantitative estimate of drug-likeness (QED) is 0.585. The minimum atomic E-state index is 0.317. The number of methoxy groups -OCH3 is 1. The predicted molar refractivity (Wildman–Crippen MR) is 91.4 cm³/mol. The van der Waals surface area contributed by atoms with E-state index < -0.39 is 0 Å². The van der Waals surface area contributed by atoms with Crippen LogP contribution in [0.1, 0.15) is 17.0 Å². The third kappa shape index (κ3) is 3.51. The van der Waals surface area contributed by atoms with E-state index in [4.69, 9.17) is 25.5 Å². The van der Waals surface area contributed by atoms with Gasteiger partial charge in [-0.25, -0.2) is 4.98 Å². The molecule has 2 heterocycles. The lowest BCUT2D eigenvalue weighted by atomic mass is 10.2. The Morgan fingerprint density at radius 3 is 2.83 bits per heavy atom. The normalized spacial score (nSPS) is 10.7. The molecule has 0 unspecified atom stereocenters. The molecule has 23 heavy (non-hydrogen) atoms. The van der Waals surface area contributed by atoms with Crippen LogP contribution in [-0.2, 0) is 12.5 Å². The largest absolute Gasteiger partial charge is 0.493 e. The molecule has 0 aliphatic rings. The van der Waals surface area contributed by atoms with Crippen molar-refractivity contribution in [2.75, 3.05) is 7.11 Å². The number of oxazole rings is 1. The van der Waals surface area contributed by atoms with Gasteiger partial charge in [-0.15, -0.1) is 22.9 Å². The van der Waals surface area contributed by atoms with Crippen LogP contribution < -0.4 is 9.47 Å². The summed E-state index contributed by atoms with van der Waals surface area (Å²) in [7, 11) is 1.61. The van der Waals surface area contributed by atoms with Crippen LogP contribution >= 0.6 is 22.9 Å². The average molecular weight is 350 g/mol. The highest BCUT2D eigenvalue weighted by Crippen LogP contribution is 2.30. The molecular formula is C17H16ClNO3S. The molecule has 3 rings (SSSR count). The van der Waals surface area contributed by atoms with E-state index >= 15 is 0 Å². The van der Waals surface area contributed by atoms with Gasteiger partial charge in [-0.3, -0.25) is 0 Å². The van der Waals surface area contributed by atoms with Crippen molar-refractivity contribution < 1.29 is 13.9 Å². The van der Waals surface area contributed by atoms with Gasteiger partial charge in [-0.05, 0) is 36.1 Å². The van der Waals surface area contributed by atoms with Gasteiger partial charge in [-0.1, -0.05) is 12.1 Å². The topological polar surface area (TPSA) is 44.5 Å². The van der Waals surface area contributed by atoms with E-state index in [0.29, 0.717) is 29.9 Å². The first kappa shape index (κ1) is 15.9. The van der Waals surface area contributed by atoms with Gasteiger partial charge in [0.15, 0.2) is 11.5 Å². The van der Waals surface area contributed by atoms with Crippen LogP contribution in [0.3, 0.4) is 0 Å². The third-order valence-corrected chi connectivity index (χ3v) is 4.54. The minimum absolute atomic E-state index is 0.317. The molecule has 3 aromatic rings. The summed E-state index contributed by atoms with van der Waals surface area (Å²) in [6, 6.07) is 9.59. The Hall–Kier alpha value is -1.98. The van der Waals surface area contributed by atoms with Gasteiger partial charge in [0.05, 0.1) is 12.0 Å². The Labute approximate surface area is 143 Å². The smallest absolute Gasteiger partial charge is 0.236 e. The molecule has 6 heteroatoms. The van der Waals surface area contributed by atoms with Gasteiger partial charge < -0.3 is 13.9 Å². The molecule has 0 aliphatic carbocycles. The summed E-state index contributed by atoms with van der Waals surface area (Å²) in [5.41, 5.74) is 1.75. The maximum atomic E-state index is 5.84. The summed E-state index contributed by atoms with van der Waals surface area (Å²) < 4.78 is 16.9. The van der Waals surface area contributed by atoms with Crippen molar-refractivity contribution in [3.05, 3.63) is 52.7 Å². The lowest BCUT2D eigenvalue weighted by molar-refractivity contribution is 0.279. The zero-order valence-corrected chi connectivity index (χ0v) is 14.4. The molecule has 0 aliphatic heterocycles. The summed E-state index contributed by atoms with van der Waals surface area (Å²) in [5.74, 6) is 3.12. The van der Waals surface area contributed by atoms with Crippen molar-refractivity contribution in [2.45, 2.75) is 19.4 Å². The second-order valence-corrected chi connectivity index (χ2v) is 6.12. The fourth-order valence-electron chi connectivity index (χ4n) is 2.13. The zero-order chi connectivity index (χ0) is 16.2. The molecular weight excluding hydrogens is 334 g/mol. The van der Waals surface area contributed by atoms with Crippen LogP contribution in [0.4, 0.5) is 0 Å². The number of alkyl halides is 1. The molecule has 0 spiro atoms. The fourth-order valence-corrected chi connectivity index (χ4v) is 2.94. The van der Waals surface area contributed by atoms with E-state index in [1.807, 2.05) is 42.6 Å². The van der Waals surface area contributed by atoms with Crippen molar-refractivity contribution in [2.24, 2.45) is 0 Å². The van der Waals surface area contributed by atoms with E-state index in [0.717, 1.165) is 21.9 Å². The summed E-state index contributed by atoms with van der Waals surface area (Å²) in [4.78, 5) is 5.52. The maximum absolute atomic E-state index is 5.84. The number of halogens is 1. The molecule has 2 aromatic heterocycles. The van der Waals surface area contributed by atoms with Gasteiger partial charge >= 0.3 is 0 Å². The number of aromatic nitrogens is 1. The summed E-state index contributed by atoms with van der Waals surface area (Å²) >= 11 is 7.43. The number of benzene rings is 1. The van der Waals surface area contributed by atoms with E-state index in [1.165, 1.54) is 0 Å². The highest BCUT2D eigenvalue weighted by atomic mass is 35.5. The van der Waals surface area contributed by atoms with Crippen LogP contribution in [0.15, 0.2) is 40.1 Å². The molecule has 4 nitrogen and oxygen atoms in total. The molecule has 0 N–H and O–H groups in total. The van der Waals surface area contributed by atoms with Gasteiger partial charge in [0.25, 0.3) is 0 Å². The number of nitrogens with zero attached hydrogens (tertiary/aromatic N) is 1. The predicted octanol–water partition coefficient (Wildman–Crippen LogP) is 5.04. The van der Waals surface area contributed by atoms with Gasteiger partial charge in [-0.2, -0.15) is 0 Å². The van der Waals surface area contributed by atoms with Crippen LogP contribution in [-0.4, -0.2) is 12.1 Å². The molecule has 0 atom stereocenters. The minimum Gasteiger partial charge on any atom is -0.493 e. The lowest BCUT2D eigenvalue weighted by Gasteiger charge is -2.10. The van der Waals surface area contributed by atoms with Crippen molar-refractivity contribution in [3.63, 3.8) is 0 Å². The van der Waals surface area contributed by atoms with Crippen molar-refractivity contribution in [1.82, 2.24) is 4.98 Å². The van der Waals surface area contributed by atoms with E-state index in [1.54, 1.807) is 18.4 Å². The van der Waals surface area contributed by atoms with Crippen LogP contribution in [0.25, 0.3) is 10.8 Å². The molecule has 0 bridgehead atoms. The van der Waals surface area contributed by atoms with Gasteiger partial charge in [0.2, 0.25) is 5.89 Å². The standard InChI is InChI=1S/C17H16ClNO3S/c1-11-13(19-17(22-11)16-4-3-7-23-16)10-21-14-6-5-12(9-18)8-15(14)20-2/h3-8H,9-10H2,1-2H3. The number of aryl methyl sites for hydroxylation is 1. The number of thiophene rings is 1. The molecule has 120 valence electrons. The summed E-state index contributed by atoms with van der Waals surface area (Å²) in [6.07, 6.45) is 0. The first-order chi connectivity index (χ1) is 11.2. The molecule has 0 saturated heterocycles. The first-order valence-corrected chi connectivity index (χ1v) is 8.48. The van der Waals surface area contributed by atoms with Gasteiger partial charge in [0.1, 0.15) is 18.1 Å². The molecule has 1 aromatic carbocycles. The number of ether oxygens (including phenoxy) is 2. The van der Waals surface area contributed by atoms with Crippen molar-refractivity contribution >= 4 is 22.9 Å². The highest BCUT2D eigenvalue weighted by molar-refractivity contribution is 7.13. The van der Waals surface area contributed by atoms with E-state index in [2.05, 4.69) is 4.98 Å². The average Bonchev–Trinajstić information content (AvgIpc) is 3.22. The van der Waals surface area contributed by atoms with Crippen LogP contribution in [0.2, 0.25) is 0 Å². The van der Waals surface area contributed by atoms with E-state index in [9.17, 15) is 0 Å². The van der Waals surface area contributed by atoms with E-state index in [-0.39, 0.29) is 0 Å². The highest BCUT2D eigenvalue weighted by Gasteiger charge is 2.14. The van der Waals surface area contributed by atoms with Crippen LogP contribution in [0.5, 0.6) is 11.5 Å². The second-order valence-electron chi connectivity index (χ2n) is 4.91. The molecule has 0 saturated carbocycles. The number of rotatable bonds is 6. The lowest BCUT2D eigenvalue weighted by Crippen LogP contribution is -2.00. The maximum Gasteiger partial charge on any atom is 0.236 e. The molecule has 0 radical (unpaired) electrons. The summed E-state index contributed by atoms with van der Waals surface area (Å²) in [5, 5.41) is 1.99. The monoisotopic (exact) mass is 349 g/mol. The zero-order valence-electron chi connectivity index (χ0n) is 12.8. The second kappa shape index (κ2) is 7.06. The van der Waals surface area contributed by atoms with Gasteiger partial charge in [0, 0.05) is 5.88 Å².